The van der Waals surface area contributed by atoms with E-state index < -0.39 is 0 Å². The maximum absolute atomic E-state index is 12.5. The van der Waals surface area contributed by atoms with Crippen LogP contribution in [-0.2, 0) is 4.79 Å². The number of amides is 1. The van der Waals surface area contributed by atoms with Crippen LogP contribution in [0.15, 0.2) is 89.3 Å². The van der Waals surface area contributed by atoms with Crippen molar-refractivity contribution in [3.8, 4) is 17.1 Å². The fourth-order valence-electron chi connectivity index (χ4n) is 3.61. The molecule has 0 aliphatic carbocycles. The molecular formula is C26H21ClN6OS. The Bertz CT molecular complexity index is 1510. The summed E-state index contributed by atoms with van der Waals surface area (Å²) in [4.78, 5) is 15.7. The molecule has 0 fully saturated rings. The van der Waals surface area contributed by atoms with Crippen molar-refractivity contribution in [1.82, 2.24) is 25.2 Å². The fraction of sp³-hybridized carbons (Fsp3) is 0.0769. The van der Waals surface area contributed by atoms with E-state index in [-0.39, 0.29) is 11.7 Å². The summed E-state index contributed by atoms with van der Waals surface area (Å²) in [5.41, 5.74) is 7.45. The molecule has 3 aromatic carbocycles. The average Bonchev–Trinajstić information content (AvgIpc) is 3.48. The summed E-state index contributed by atoms with van der Waals surface area (Å²) >= 11 is 7.38. The number of carbonyl (C=O) groups excluding carboxylic acids is 1. The van der Waals surface area contributed by atoms with Crippen LogP contribution in [0.3, 0.4) is 0 Å². The van der Waals surface area contributed by atoms with E-state index in [2.05, 4.69) is 25.7 Å². The van der Waals surface area contributed by atoms with E-state index >= 15 is 0 Å². The Balaban J connectivity index is 1.32. The van der Waals surface area contributed by atoms with Crippen LogP contribution >= 0.6 is 23.4 Å². The van der Waals surface area contributed by atoms with E-state index in [0.717, 1.165) is 33.3 Å². The van der Waals surface area contributed by atoms with Crippen LogP contribution in [0, 0.1) is 6.92 Å². The smallest absolute Gasteiger partial charge is 0.250 e. The van der Waals surface area contributed by atoms with Crippen molar-refractivity contribution in [2.45, 2.75) is 12.1 Å². The lowest BCUT2D eigenvalue weighted by Crippen LogP contribution is -2.20. The molecule has 2 aromatic heterocycles. The number of thioether (sulfide) groups is 1. The molecular weight excluding hydrogens is 480 g/mol. The summed E-state index contributed by atoms with van der Waals surface area (Å²) in [6.07, 6.45) is 3.49. The van der Waals surface area contributed by atoms with Gasteiger partial charge in [0.25, 0.3) is 5.91 Å². The molecule has 0 saturated carbocycles. The summed E-state index contributed by atoms with van der Waals surface area (Å²) in [7, 11) is 0. The molecule has 5 aromatic rings. The molecule has 0 radical (unpaired) electrons. The Hall–Kier alpha value is -3.88. The van der Waals surface area contributed by atoms with Crippen LogP contribution in [0.2, 0.25) is 5.02 Å². The van der Waals surface area contributed by atoms with E-state index in [0.29, 0.717) is 16.0 Å². The maximum Gasteiger partial charge on any atom is 0.250 e. The van der Waals surface area contributed by atoms with Gasteiger partial charge in [-0.25, -0.2) is 5.43 Å². The zero-order valence-electron chi connectivity index (χ0n) is 18.8. The van der Waals surface area contributed by atoms with Gasteiger partial charge in [-0.15, -0.1) is 10.2 Å². The molecule has 35 heavy (non-hydrogen) atoms. The molecule has 9 heteroatoms. The first-order valence-electron chi connectivity index (χ1n) is 10.9. The van der Waals surface area contributed by atoms with Gasteiger partial charge in [-0.3, -0.25) is 9.36 Å². The highest BCUT2D eigenvalue weighted by molar-refractivity contribution is 7.99. The topological polar surface area (TPSA) is 88.0 Å². The molecule has 0 unspecified atom stereocenters. The molecule has 0 bridgehead atoms. The quantitative estimate of drug-likeness (QED) is 0.172. The molecule has 7 nitrogen and oxygen atoms in total. The van der Waals surface area contributed by atoms with Crippen molar-refractivity contribution >= 4 is 46.4 Å². The number of hydrogen-bond acceptors (Lipinski definition) is 5. The van der Waals surface area contributed by atoms with E-state index in [1.807, 2.05) is 90.5 Å². The number of aromatic nitrogens is 4. The highest BCUT2D eigenvalue weighted by Gasteiger charge is 2.17. The first-order valence-corrected chi connectivity index (χ1v) is 12.2. The normalized spacial score (nSPS) is 11.4. The van der Waals surface area contributed by atoms with E-state index in [1.165, 1.54) is 11.8 Å². The highest BCUT2D eigenvalue weighted by Crippen LogP contribution is 2.28. The number of aromatic amines is 1. The van der Waals surface area contributed by atoms with Gasteiger partial charge in [0.05, 0.1) is 12.0 Å². The number of rotatable bonds is 7. The summed E-state index contributed by atoms with van der Waals surface area (Å²) in [5, 5.41) is 15.2. The molecule has 0 spiro atoms. The molecule has 0 aliphatic rings. The lowest BCUT2D eigenvalue weighted by atomic mass is 10.1. The van der Waals surface area contributed by atoms with Gasteiger partial charge >= 0.3 is 0 Å². The first-order chi connectivity index (χ1) is 17.1. The maximum atomic E-state index is 12.5. The number of carbonyl (C=O) groups is 1. The fourth-order valence-corrected chi connectivity index (χ4v) is 4.48. The standard InChI is InChI=1S/C26H21ClN6OS/c1-17-6-8-18(9-7-17)25-31-32-26(33(25)21-12-10-20(27)11-13-21)35-16-24(34)30-29-15-19-14-28-23-5-3-2-4-22(19)23/h2-15,28H,16H2,1H3,(H,30,34)/b29-15+. The molecule has 2 N–H and O–H groups in total. The molecule has 0 saturated heterocycles. The zero-order chi connectivity index (χ0) is 24.2. The van der Waals surface area contributed by atoms with E-state index in [4.69, 9.17) is 11.6 Å². The summed E-state index contributed by atoms with van der Waals surface area (Å²) in [6, 6.07) is 23.4. The zero-order valence-corrected chi connectivity index (χ0v) is 20.3. The molecule has 0 aliphatic heterocycles. The second kappa shape index (κ2) is 10.2. The summed E-state index contributed by atoms with van der Waals surface area (Å²) < 4.78 is 1.92. The van der Waals surface area contributed by atoms with Crippen molar-refractivity contribution in [1.29, 1.82) is 0 Å². The minimum atomic E-state index is -0.242. The first kappa shape index (κ1) is 22.9. The van der Waals surface area contributed by atoms with Crippen LogP contribution in [0.4, 0.5) is 0 Å². The Morgan fingerprint density at radius 1 is 1.09 bits per heavy atom. The van der Waals surface area contributed by atoms with Crippen LogP contribution in [0.1, 0.15) is 11.1 Å². The van der Waals surface area contributed by atoms with Crippen LogP contribution in [0.25, 0.3) is 28.0 Å². The van der Waals surface area contributed by atoms with Gasteiger partial charge in [0, 0.05) is 38.9 Å². The summed E-state index contributed by atoms with van der Waals surface area (Å²) in [6.45, 7) is 2.04. The van der Waals surface area contributed by atoms with E-state index in [1.54, 1.807) is 6.21 Å². The average molecular weight is 501 g/mol. The molecule has 174 valence electrons. The number of aryl methyl sites for hydroxylation is 1. The Morgan fingerprint density at radius 2 is 1.86 bits per heavy atom. The van der Waals surface area contributed by atoms with Crippen LogP contribution in [-0.4, -0.2) is 37.6 Å². The number of nitrogens with one attached hydrogen (secondary N) is 2. The molecule has 1 amide bonds. The number of hydrogen-bond donors (Lipinski definition) is 2. The number of halogens is 1. The second-order valence-corrected chi connectivity index (χ2v) is 9.23. The largest absolute Gasteiger partial charge is 0.361 e. The predicted octanol–water partition coefficient (Wildman–Crippen LogP) is 5.62. The van der Waals surface area contributed by atoms with Crippen LogP contribution < -0.4 is 5.43 Å². The number of para-hydroxylation sites is 1. The van der Waals surface area contributed by atoms with Gasteiger partial charge in [-0.1, -0.05) is 71.4 Å². The van der Waals surface area contributed by atoms with Gasteiger partial charge in [0.15, 0.2) is 11.0 Å². The van der Waals surface area contributed by atoms with Gasteiger partial charge in [-0.2, -0.15) is 5.10 Å². The number of fused-ring (bicyclic) bond motifs is 1. The Labute approximate surface area is 211 Å². The third-order valence-corrected chi connectivity index (χ3v) is 6.56. The third kappa shape index (κ3) is 5.13. The van der Waals surface area contributed by atoms with Crippen molar-refractivity contribution in [2.75, 3.05) is 5.75 Å². The van der Waals surface area contributed by atoms with Gasteiger partial charge in [0.1, 0.15) is 0 Å². The predicted molar refractivity (Wildman–Crippen MR) is 141 cm³/mol. The van der Waals surface area contributed by atoms with Crippen molar-refractivity contribution < 1.29 is 4.79 Å². The molecule has 0 atom stereocenters. The number of nitrogens with zero attached hydrogens (tertiary/aromatic N) is 4. The van der Waals surface area contributed by atoms with Crippen molar-refractivity contribution in [2.24, 2.45) is 5.10 Å². The highest BCUT2D eigenvalue weighted by atomic mass is 35.5. The lowest BCUT2D eigenvalue weighted by molar-refractivity contribution is -0.118. The van der Waals surface area contributed by atoms with Crippen LogP contribution in [0.5, 0.6) is 0 Å². The lowest BCUT2D eigenvalue weighted by Gasteiger charge is -2.10. The van der Waals surface area contributed by atoms with Gasteiger partial charge in [-0.05, 0) is 37.3 Å². The van der Waals surface area contributed by atoms with Crippen molar-refractivity contribution in [3.63, 3.8) is 0 Å². The molecule has 5 rings (SSSR count). The number of H-pyrrole nitrogens is 1. The Morgan fingerprint density at radius 3 is 2.66 bits per heavy atom. The van der Waals surface area contributed by atoms with Crippen molar-refractivity contribution in [3.05, 3.63) is 95.1 Å². The Kier molecular flexibility index (Phi) is 6.65. The minimum absolute atomic E-state index is 0.130. The number of benzene rings is 3. The minimum Gasteiger partial charge on any atom is -0.361 e. The third-order valence-electron chi connectivity index (χ3n) is 5.37. The SMILES string of the molecule is Cc1ccc(-c2nnc(SCC(=O)N/N=C/c3c[nH]c4ccccc34)n2-c2ccc(Cl)cc2)cc1. The molecule has 2 heterocycles. The number of hydrazone groups is 1. The van der Waals surface area contributed by atoms with Gasteiger partial charge in [0.2, 0.25) is 0 Å². The second-order valence-electron chi connectivity index (χ2n) is 7.86. The van der Waals surface area contributed by atoms with Gasteiger partial charge < -0.3 is 4.98 Å². The van der Waals surface area contributed by atoms with E-state index in [9.17, 15) is 4.79 Å². The monoisotopic (exact) mass is 500 g/mol. The summed E-state index contributed by atoms with van der Waals surface area (Å²) in [5.74, 6) is 0.575.